The zero-order valence-corrected chi connectivity index (χ0v) is 13.8. The fraction of sp³-hybridized carbons (Fsp3) is 0.421. The van der Waals surface area contributed by atoms with Gasteiger partial charge in [0.25, 0.3) is 5.56 Å². The third kappa shape index (κ3) is 3.66. The van der Waals surface area contributed by atoms with Gasteiger partial charge in [-0.1, -0.05) is 44.0 Å². The molecule has 0 aliphatic rings. The van der Waals surface area contributed by atoms with Crippen LogP contribution in [0.4, 0.5) is 0 Å². The van der Waals surface area contributed by atoms with Gasteiger partial charge in [-0.2, -0.15) is 0 Å². The normalized spacial score (nSPS) is 12.4. The van der Waals surface area contributed by atoms with Crippen molar-refractivity contribution in [3.05, 3.63) is 69.1 Å². The highest BCUT2D eigenvalue weighted by atomic mass is 16.1. The number of pyridine rings is 1. The maximum Gasteiger partial charge on any atom is 0.255 e. The Kier molecular flexibility index (Phi) is 5.56. The number of hydrogen-bond donors (Lipinski definition) is 1. The summed E-state index contributed by atoms with van der Waals surface area (Å²) in [5.41, 5.74) is 10.5. The van der Waals surface area contributed by atoms with Gasteiger partial charge in [0.2, 0.25) is 0 Å². The second-order valence-electron chi connectivity index (χ2n) is 5.99. The van der Waals surface area contributed by atoms with Crippen LogP contribution in [-0.4, -0.2) is 4.57 Å². The van der Waals surface area contributed by atoms with Gasteiger partial charge in [0.15, 0.2) is 0 Å². The van der Waals surface area contributed by atoms with Crippen LogP contribution in [0.5, 0.6) is 0 Å². The van der Waals surface area contributed by atoms with Crippen LogP contribution < -0.4 is 11.3 Å². The van der Waals surface area contributed by atoms with Crippen LogP contribution in [0.2, 0.25) is 0 Å². The predicted molar refractivity (Wildman–Crippen MR) is 92.2 cm³/mol. The lowest BCUT2D eigenvalue weighted by atomic mass is 9.97. The molecule has 2 N–H and O–H groups in total. The molecule has 0 saturated carbocycles. The number of nitrogens with two attached hydrogens (primary N) is 1. The maximum absolute atomic E-state index is 12.6. The minimum Gasteiger partial charge on any atom is -0.320 e. The fourth-order valence-electron chi connectivity index (χ4n) is 2.64. The fourth-order valence-corrected chi connectivity index (χ4v) is 2.64. The van der Waals surface area contributed by atoms with Gasteiger partial charge in [-0.25, -0.2) is 0 Å². The molecule has 22 heavy (non-hydrogen) atoms. The molecule has 1 unspecified atom stereocenters. The lowest BCUT2D eigenvalue weighted by Gasteiger charge is -2.15. The topological polar surface area (TPSA) is 48.0 Å². The van der Waals surface area contributed by atoms with E-state index in [-0.39, 0.29) is 11.6 Å². The molecule has 2 rings (SSSR count). The average molecular weight is 298 g/mol. The predicted octanol–water partition coefficient (Wildman–Crippen LogP) is 3.70. The van der Waals surface area contributed by atoms with Crippen LogP contribution >= 0.6 is 0 Å². The van der Waals surface area contributed by atoms with Crippen molar-refractivity contribution in [3.63, 3.8) is 0 Å². The molecular weight excluding hydrogens is 272 g/mol. The van der Waals surface area contributed by atoms with Crippen molar-refractivity contribution < 1.29 is 0 Å². The molecule has 0 radical (unpaired) electrons. The van der Waals surface area contributed by atoms with E-state index in [0.29, 0.717) is 5.56 Å². The van der Waals surface area contributed by atoms with E-state index in [0.717, 1.165) is 31.4 Å². The van der Waals surface area contributed by atoms with E-state index in [1.54, 1.807) is 4.57 Å². The first-order valence-electron chi connectivity index (χ1n) is 8.06. The summed E-state index contributed by atoms with van der Waals surface area (Å²) in [7, 11) is 0. The van der Waals surface area contributed by atoms with Crippen LogP contribution in [0.25, 0.3) is 0 Å². The van der Waals surface area contributed by atoms with Crippen molar-refractivity contribution in [1.82, 2.24) is 4.57 Å². The van der Waals surface area contributed by atoms with Gasteiger partial charge in [-0.15, -0.1) is 0 Å². The van der Waals surface area contributed by atoms with E-state index in [1.165, 1.54) is 11.1 Å². The summed E-state index contributed by atoms with van der Waals surface area (Å²) in [6, 6.07) is 9.55. The molecule has 1 aromatic heterocycles. The van der Waals surface area contributed by atoms with Crippen LogP contribution in [-0.2, 0) is 6.54 Å². The summed E-state index contributed by atoms with van der Waals surface area (Å²) < 4.78 is 1.78. The molecule has 2 aromatic rings. The average Bonchev–Trinajstić information content (AvgIpc) is 2.51. The highest BCUT2D eigenvalue weighted by molar-refractivity contribution is 5.36. The summed E-state index contributed by atoms with van der Waals surface area (Å²) in [6.45, 7) is 7.07. The van der Waals surface area contributed by atoms with Crippen molar-refractivity contribution >= 4 is 0 Å². The standard InChI is InChI=1S/C19H26N2O/c1-4-5-6-11-21-12-7-8-17(19(21)22)18(20)16-10-9-14(2)15(3)13-16/h7-10,12-13,18H,4-6,11,20H2,1-3H3. The molecule has 0 spiro atoms. The SMILES string of the molecule is CCCCCn1cccc(C(N)c2ccc(C)c(C)c2)c1=O. The molecule has 118 valence electrons. The molecule has 0 amide bonds. The summed E-state index contributed by atoms with van der Waals surface area (Å²) >= 11 is 0. The molecule has 3 heteroatoms. The Labute approximate surface area is 132 Å². The first-order chi connectivity index (χ1) is 10.5. The zero-order chi connectivity index (χ0) is 16.1. The van der Waals surface area contributed by atoms with Gasteiger partial charge in [0.05, 0.1) is 6.04 Å². The number of nitrogens with zero attached hydrogens (tertiary/aromatic N) is 1. The van der Waals surface area contributed by atoms with Crippen molar-refractivity contribution in [2.75, 3.05) is 0 Å². The molecule has 1 aromatic carbocycles. The molecule has 1 atom stereocenters. The van der Waals surface area contributed by atoms with Crippen molar-refractivity contribution in [2.24, 2.45) is 5.73 Å². The van der Waals surface area contributed by atoms with E-state index in [4.69, 9.17) is 5.73 Å². The molecule has 0 bridgehead atoms. The van der Waals surface area contributed by atoms with Gasteiger partial charge < -0.3 is 10.3 Å². The Morgan fingerprint density at radius 1 is 1.14 bits per heavy atom. The van der Waals surface area contributed by atoms with Gasteiger partial charge in [-0.3, -0.25) is 4.79 Å². The van der Waals surface area contributed by atoms with Crippen LogP contribution in [0.15, 0.2) is 41.3 Å². The number of unbranched alkanes of at least 4 members (excludes halogenated alkanes) is 2. The van der Waals surface area contributed by atoms with Crippen LogP contribution in [0.1, 0.15) is 54.5 Å². The number of aryl methyl sites for hydroxylation is 3. The first-order valence-corrected chi connectivity index (χ1v) is 8.06. The second-order valence-corrected chi connectivity index (χ2v) is 5.99. The minimum absolute atomic E-state index is 0.0318. The van der Waals surface area contributed by atoms with E-state index >= 15 is 0 Å². The van der Waals surface area contributed by atoms with E-state index in [2.05, 4.69) is 32.9 Å². The number of benzene rings is 1. The number of hydrogen-bond acceptors (Lipinski definition) is 2. The smallest absolute Gasteiger partial charge is 0.255 e. The van der Waals surface area contributed by atoms with Crippen molar-refractivity contribution in [3.8, 4) is 0 Å². The highest BCUT2D eigenvalue weighted by Crippen LogP contribution is 2.19. The molecule has 1 heterocycles. The van der Waals surface area contributed by atoms with E-state index in [9.17, 15) is 4.79 Å². The van der Waals surface area contributed by atoms with E-state index < -0.39 is 0 Å². The Hall–Kier alpha value is -1.87. The Morgan fingerprint density at radius 2 is 1.91 bits per heavy atom. The lowest BCUT2D eigenvalue weighted by molar-refractivity contribution is 0.581. The van der Waals surface area contributed by atoms with Crippen molar-refractivity contribution in [2.45, 2.75) is 52.6 Å². The minimum atomic E-state index is -0.370. The third-order valence-corrected chi connectivity index (χ3v) is 4.28. The number of rotatable bonds is 6. The van der Waals surface area contributed by atoms with Gasteiger partial charge in [0.1, 0.15) is 0 Å². The summed E-state index contributed by atoms with van der Waals surface area (Å²) in [4.78, 5) is 12.6. The largest absolute Gasteiger partial charge is 0.320 e. The Bertz CT molecular complexity index is 688. The molecule has 0 aliphatic carbocycles. The van der Waals surface area contributed by atoms with E-state index in [1.807, 2.05) is 24.4 Å². The summed E-state index contributed by atoms with van der Waals surface area (Å²) in [5, 5.41) is 0. The maximum atomic E-state index is 12.6. The Morgan fingerprint density at radius 3 is 2.59 bits per heavy atom. The van der Waals surface area contributed by atoms with Crippen LogP contribution in [0, 0.1) is 13.8 Å². The molecular formula is C19H26N2O. The lowest BCUT2D eigenvalue weighted by Crippen LogP contribution is -2.28. The molecule has 0 aliphatic heterocycles. The molecule has 0 fully saturated rings. The quantitative estimate of drug-likeness (QED) is 0.827. The highest BCUT2D eigenvalue weighted by Gasteiger charge is 2.14. The monoisotopic (exact) mass is 298 g/mol. The molecule has 0 saturated heterocycles. The summed E-state index contributed by atoms with van der Waals surface area (Å²) in [5.74, 6) is 0. The second kappa shape index (κ2) is 7.41. The molecule has 3 nitrogen and oxygen atoms in total. The zero-order valence-electron chi connectivity index (χ0n) is 13.8. The first kappa shape index (κ1) is 16.5. The van der Waals surface area contributed by atoms with Gasteiger partial charge in [-0.05, 0) is 43.0 Å². The third-order valence-electron chi connectivity index (χ3n) is 4.28. The van der Waals surface area contributed by atoms with Gasteiger partial charge in [0, 0.05) is 18.3 Å². The number of aromatic nitrogens is 1. The van der Waals surface area contributed by atoms with Gasteiger partial charge >= 0.3 is 0 Å². The Balaban J connectivity index is 2.29. The van der Waals surface area contributed by atoms with Crippen LogP contribution in [0.3, 0.4) is 0 Å². The van der Waals surface area contributed by atoms with Crippen molar-refractivity contribution in [1.29, 1.82) is 0 Å². The summed E-state index contributed by atoms with van der Waals surface area (Å²) in [6.07, 6.45) is 5.17.